The van der Waals surface area contributed by atoms with Gasteiger partial charge in [0.15, 0.2) is 53.6 Å². The van der Waals surface area contributed by atoms with Crippen LogP contribution in [0, 0.1) is 48.7 Å². The van der Waals surface area contributed by atoms with Crippen LogP contribution < -0.4 is 164 Å². The minimum absolute atomic E-state index is 0.00211. The van der Waals surface area contributed by atoms with Gasteiger partial charge in [-0.05, 0) is 127 Å². The second-order valence-corrected chi connectivity index (χ2v) is 29.9. The number of hydrogen-bond acceptors (Lipinski definition) is 23. The van der Waals surface area contributed by atoms with E-state index in [1.54, 1.807) is 60.7 Å². The molecule has 712 valence electrons. The van der Waals surface area contributed by atoms with Gasteiger partial charge < -0.3 is 169 Å². The van der Waals surface area contributed by atoms with Gasteiger partial charge in [0.1, 0.15) is 66.5 Å². The Labute approximate surface area is 746 Å². The Balaban J connectivity index is 2.88. The highest BCUT2D eigenvalue weighted by molar-refractivity contribution is 7.80. The summed E-state index contributed by atoms with van der Waals surface area (Å²) in [5, 5.41) is 131. The van der Waals surface area contributed by atoms with Crippen LogP contribution >= 0.6 is 12.6 Å². The van der Waals surface area contributed by atoms with Crippen LogP contribution in [0.5, 0.6) is 0 Å². The lowest BCUT2D eigenvalue weighted by atomic mass is 10.0. The van der Waals surface area contributed by atoms with E-state index in [0.717, 1.165) is 0 Å². The first-order valence-electron chi connectivity index (χ1n) is 41.4. The molecular formula is C75H133N39O13S. The molecule has 0 saturated heterocycles. The average molecular weight is 1820 g/mol. The second-order valence-electron chi connectivity index (χ2n) is 29.5. The Morgan fingerprint density at radius 3 is 0.578 bits per heavy atom. The van der Waals surface area contributed by atoms with Crippen LogP contribution in [0.1, 0.15) is 127 Å². The number of thiol groups is 1. The summed E-state index contributed by atoms with van der Waals surface area (Å²) in [5.74, 6) is -16.0. The molecule has 0 bridgehead atoms. The number of carboxylic acids is 1. The number of carbonyl (C=O) groups is 12. The number of benzene rings is 2. The Hall–Kier alpha value is -14.2. The molecule has 0 aliphatic rings. The molecule has 11 amide bonds. The first-order chi connectivity index (χ1) is 60.7. The summed E-state index contributed by atoms with van der Waals surface area (Å²) in [6.45, 7) is 0.162. The molecule has 128 heavy (non-hydrogen) atoms. The fraction of sp³-hybridized carbons (Fsp3) is 0.560. The Morgan fingerprint density at radius 2 is 0.406 bits per heavy atom. The molecule has 0 aliphatic carbocycles. The third kappa shape index (κ3) is 49.3. The van der Waals surface area contributed by atoms with Gasteiger partial charge in [-0.25, -0.2) is 4.79 Å². The van der Waals surface area contributed by atoms with Crippen LogP contribution in [0.25, 0.3) is 0 Å². The molecule has 0 fully saturated rings. The van der Waals surface area contributed by atoms with Crippen LogP contribution in [-0.2, 0) is 70.4 Å². The lowest BCUT2D eigenvalue weighted by Gasteiger charge is -2.29. The number of aliphatic carboxylic acids is 1. The smallest absolute Gasteiger partial charge is 0.327 e. The number of hydrogen-bond donors (Lipinski definition) is 41. The van der Waals surface area contributed by atoms with Gasteiger partial charge in [-0.2, -0.15) is 12.6 Å². The first-order valence-corrected chi connectivity index (χ1v) is 42.1. The minimum Gasteiger partial charge on any atom is -0.480 e. The number of nitrogens with one attached hydrogen (secondary N) is 29. The van der Waals surface area contributed by atoms with Crippen molar-refractivity contribution >= 4 is 137 Å². The number of nitrogens with two attached hydrogens (primary N) is 10. The highest BCUT2D eigenvalue weighted by Crippen LogP contribution is 2.14. The van der Waals surface area contributed by atoms with Gasteiger partial charge in [-0.15, -0.1) is 0 Å². The zero-order valence-corrected chi connectivity index (χ0v) is 72.4. The number of carbonyl (C=O) groups excluding carboxylic acids is 11. The van der Waals surface area contributed by atoms with E-state index in [-0.39, 0.29) is 199 Å². The van der Waals surface area contributed by atoms with Gasteiger partial charge >= 0.3 is 5.97 Å². The molecule has 0 aromatic heterocycles. The second kappa shape index (κ2) is 62.0. The molecule has 53 heteroatoms. The number of amides is 11. The molecule has 2 rings (SSSR count). The summed E-state index contributed by atoms with van der Waals surface area (Å²) in [6, 6.07) is -1.71. The predicted molar refractivity (Wildman–Crippen MR) is 483 cm³/mol. The van der Waals surface area contributed by atoms with Gasteiger partial charge in [0, 0.05) is 77.5 Å². The normalized spacial score (nSPS) is 13.5. The predicted octanol–water partition coefficient (Wildman–Crippen LogP) is -10.5. The summed E-state index contributed by atoms with van der Waals surface area (Å²) < 4.78 is 0. The zero-order valence-electron chi connectivity index (χ0n) is 71.5. The van der Waals surface area contributed by atoms with Crippen molar-refractivity contribution < 1.29 is 62.6 Å². The summed E-state index contributed by atoms with van der Waals surface area (Å²) in [6.07, 6.45) is -1.49. The first kappa shape index (κ1) is 110. The van der Waals surface area contributed by atoms with Crippen molar-refractivity contribution in [2.45, 2.75) is 201 Å². The van der Waals surface area contributed by atoms with Crippen molar-refractivity contribution in [1.29, 1.82) is 48.7 Å². The maximum atomic E-state index is 15.4. The zero-order chi connectivity index (χ0) is 95.6. The van der Waals surface area contributed by atoms with Gasteiger partial charge in [-0.1, -0.05) is 60.7 Å². The van der Waals surface area contributed by atoms with Crippen molar-refractivity contribution in [3.63, 3.8) is 0 Å². The molecule has 0 radical (unpaired) electrons. The molecular weight excluding hydrogens is 1690 g/mol. The molecule has 2 aromatic rings. The highest BCUT2D eigenvalue weighted by atomic mass is 32.1. The SMILES string of the molecule is N=C(N)NCCC[C@H](NC(=O)[C@H](CCCNC(=N)N)NC(=O)[C@H](CCCNC(=N)N)NC(=O)[C@H](CCCNC(=N)N)NC(=O)[C@H](Cc1ccccc1)NC(=O)[C@H](Cc1ccccc1)NC(=O)[C@H](CCCNC(=N)N)NC(=O)[C@H](CCCNC(=N)N)NC(=O)[C@H](CCCNC(=N)N)NC(=O)[C@H](CCCNC(=N)N)NC(=O)[C@@H](N)CCCNC(=N)N)C(=O)N[C@@H](CS)C(=O)O. The molecule has 2 aromatic carbocycles. The number of rotatable bonds is 64. The molecule has 0 aliphatic heterocycles. The van der Waals surface area contributed by atoms with Crippen molar-refractivity contribution in [3.8, 4) is 0 Å². The molecule has 50 N–H and O–H groups in total. The number of carboxylic acid groups (broad SMARTS) is 1. The molecule has 0 saturated carbocycles. The van der Waals surface area contributed by atoms with E-state index in [1.807, 2.05) is 0 Å². The van der Waals surface area contributed by atoms with E-state index in [9.17, 15) is 38.7 Å². The van der Waals surface area contributed by atoms with Crippen LogP contribution in [0.4, 0.5) is 0 Å². The fourth-order valence-electron chi connectivity index (χ4n) is 12.4. The summed E-state index contributed by atoms with van der Waals surface area (Å²) >= 11 is 4.03. The molecule has 0 unspecified atom stereocenters. The largest absolute Gasteiger partial charge is 0.480 e. The van der Waals surface area contributed by atoms with Gasteiger partial charge in [0.05, 0.1) is 6.04 Å². The maximum absolute atomic E-state index is 15.4. The molecule has 52 nitrogen and oxygen atoms in total. The summed E-state index contributed by atoms with van der Waals surface area (Å²) in [5.41, 5.74) is 57.0. The topological polar surface area (TPSA) is 941 Å². The van der Waals surface area contributed by atoms with E-state index in [0.29, 0.717) is 17.5 Å². The minimum atomic E-state index is -1.63. The van der Waals surface area contributed by atoms with E-state index in [2.05, 4.69) is 119 Å². The van der Waals surface area contributed by atoms with E-state index in [4.69, 9.17) is 106 Å². The van der Waals surface area contributed by atoms with Crippen molar-refractivity contribution in [2.75, 3.05) is 64.7 Å². The average Bonchev–Trinajstić information content (AvgIpc) is 0.843. The van der Waals surface area contributed by atoms with E-state index < -0.39 is 185 Å². The number of guanidine groups is 9. The van der Waals surface area contributed by atoms with Crippen LogP contribution in [0.3, 0.4) is 0 Å². The fourth-order valence-corrected chi connectivity index (χ4v) is 12.6. The van der Waals surface area contributed by atoms with Crippen LogP contribution in [0.2, 0.25) is 0 Å². The maximum Gasteiger partial charge on any atom is 0.327 e. The van der Waals surface area contributed by atoms with E-state index in [1.165, 1.54) is 0 Å². The van der Waals surface area contributed by atoms with Crippen LogP contribution in [-0.4, -0.2) is 267 Å². The van der Waals surface area contributed by atoms with Gasteiger partial charge in [0.25, 0.3) is 0 Å². The highest BCUT2D eigenvalue weighted by Gasteiger charge is 2.38. The van der Waals surface area contributed by atoms with Gasteiger partial charge in [-0.3, -0.25) is 101 Å². The lowest BCUT2D eigenvalue weighted by Crippen LogP contribution is -2.61. The monoisotopic (exact) mass is 1820 g/mol. The van der Waals surface area contributed by atoms with E-state index >= 15 is 24.0 Å². The Kier molecular flexibility index (Phi) is 53.2. The molecule has 0 spiro atoms. The molecule has 0 heterocycles. The Bertz CT molecular complexity index is 3970. The lowest BCUT2D eigenvalue weighted by molar-refractivity contribution is -0.141. The third-order valence-corrected chi connectivity index (χ3v) is 19.3. The van der Waals surface area contributed by atoms with Crippen molar-refractivity contribution in [3.05, 3.63) is 71.8 Å². The van der Waals surface area contributed by atoms with Gasteiger partial charge in [0.2, 0.25) is 65.0 Å². The third-order valence-electron chi connectivity index (χ3n) is 18.9. The molecule has 12 atom stereocenters. The Morgan fingerprint density at radius 1 is 0.250 bits per heavy atom. The van der Waals surface area contributed by atoms with Crippen molar-refractivity contribution in [2.24, 2.45) is 57.3 Å². The standard InChI is InChI=1S/C75H133N39O13S/c76-43(20-7-29-95-67(77)78)55(115)104-44(21-8-30-96-68(79)80)56(116)105-45(22-9-31-97-69(81)82)57(117)106-47(24-11-33-99-71(85)86)59(119)109-50(27-14-36-102-74(91)92)62(122)112-53(39-42-18-5-2-6-19-42)65(125)113-52(38-41-16-3-1-4-17-41)64(124)111-49(26-13-35-101-73(89)90)61(121)108-46(23-10-32-98-70(83)84)58(118)107-48(25-12-34-100-72(87)88)60(120)110-51(28-15-37-103-75(93)94)63(123)114-54(40-128)66(126)127/h1-6,16-19,43-54,128H,7-15,20-40,76H2,(H,104,115)(H,105,116)(H,106,117)(H,107,118)(H,108,121)(H,109,119)(H,110,120)(H,111,124)(H,112,122)(H,113,125)(H,114,123)(H,126,127)(H4,77,78,95)(H4,79,80,96)(H4,81,82,97)(H4,83,84,98)(H4,85,86,99)(H4,87,88,100)(H4,89,90,101)(H4,91,92,102)(H4,93,94,103)/t43-,44-,45-,46-,47-,48-,49-,50-,51-,52-,53-,54-/m0/s1. The van der Waals surface area contributed by atoms with Crippen molar-refractivity contribution in [1.82, 2.24) is 106 Å². The summed E-state index contributed by atoms with van der Waals surface area (Å²) in [7, 11) is 0. The summed E-state index contributed by atoms with van der Waals surface area (Å²) in [4.78, 5) is 174. The quantitative estimate of drug-likeness (QED) is 0.0127. The van der Waals surface area contributed by atoms with Crippen LogP contribution in [0.15, 0.2) is 60.7 Å².